The summed E-state index contributed by atoms with van der Waals surface area (Å²) in [6.45, 7) is 6.84. The Labute approximate surface area is 124 Å². The molecule has 0 aliphatic heterocycles. The Hall–Kier alpha value is -1.75. The first-order valence-corrected chi connectivity index (χ1v) is 7.63. The molecule has 4 nitrogen and oxygen atoms in total. The summed E-state index contributed by atoms with van der Waals surface area (Å²) in [5.41, 5.74) is 7.54. The lowest BCUT2D eigenvalue weighted by Gasteiger charge is -2.13. The van der Waals surface area contributed by atoms with Gasteiger partial charge in [-0.3, -0.25) is 0 Å². The molecule has 0 saturated carbocycles. The van der Waals surface area contributed by atoms with Gasteiger partial charge in [0.1, 0.15) is 10.8 Å². The number of nitrogen functional groups attached to an aromatic ring is 1. The average molecular weight is 291 g/mol. The molecule has 1 heterocycles. The van der Waals surface area contributed by atoms with Crippen LogP contribution in [0.15, 0.2) is 24.4 Å². The van der Waals surface area contributed by atoms with Crippen LogP contribution >= 0.6 is 11.3 Å². The van der Waals surface area contributed by atoms with Gasteiger partial charge in [0.05, 0.1) is 12.6 Å². The molecule has 0 atom stereocenters. The lowest BCUT2D eigenvalue weighted by molar-refractivity contribution is 0.242. The predicted octanol–water partition coefficient (Wildman–Crippen LogP) is 3.69. The summed E-state index contributed by atoms with van der Waals surface area (Å²) in [4.78, 5) is 5.69. The maximum Gasteiger partial charge on any atom is 0.123 e. The number of nitrogens with two attached hydrogens (primary N) is 1. The highest BCUT2D eigenvalue weighted by molar-refractivity contribution is 7.11. The number of thiazole rings is 1. The van der Waals surface area contributed by atoms with Gasteiger partial charge in [-0.05, 0) is 26.3 Å². The summed E-state index contributed by atoms with van der Waals surface area (Å²) in [5.74, 6) is 0.788. The number of rotatable bonds is 6. The third-order valence-corrected chi connectivity index (χ3v) is 3.84. The van der Waals surface area contributed by atoms with E-state index in [2.05, 4.69) is 17.2 Å². The molecule has 5 heteroatoms. The summed E-state index contributed by atoms with van der Waals surface area (Å²) in [5, 5.41) is 4.42. The third-order valence-electron chi connectivity index (χ3n) is 2.69. The van der Waals surface area contributed by atoms with Crippen molar-refractivity contribution in [3.8, 4) is 5.75 Å². The zero-order valence-corrected chi connectivity index (χ0v) is 13.0. The minimum Gasteiger partial charge on any atom is -0.491 e. The van der Waals surface area contributed by atoms with E-state index in [9.17, 15) is 0 Å². The standard InChI is InChI=1S/C15H21N3OS/c1-4-14-8-18-15(20-14)9-17-12-5-11(16)6-13(7-12)19-10(2)3/h5-8,10,17H,4,9,16H2,1-3H3. The molecule has 3 N–H and O–H groups in total. The smallest absolute Gasteiger partial charge is 0.123 e. The molecule has 0 saturated heterocycles. The van der Waals surface area contributed by atoms with Crippen LogP contribution in [-0.2, 0) is 13.0 Å². The molecule has 1 aromatic heterocycles. The molecule has 20 heavy (non-hydrogen) atoms. The lowest BCUT2D eigenvalue weighted by atomic mass is 10.2. The zero-order valence-electron chi connectivity index (χ0n) is 12.1. The van der Waals surface area contributed by atoms with Crippen molar-refractivity contribution in [1.29, 1.82) is 0 Å². The van der Waals surface area contributed by atoms with Crippen molar-refractivity contribution in [3.05, 3.63) is 34.3 Å². The summed E-state index contributed by atoms with van der Waals surface area (Å²) < 4.78 is 5.68. The maximum absolute atomic E-state index is 5.90. The van der Waals surface area contributed by atoms with E-state index in [1.165, 1.54) is 4.88 Å². The highest BCUT2D eigenvalue weighted by Gasteiger charge is 2.04. The zero-order chi connectivity index (χ0) is 14.5. The topological polar surface area (TPSA) is 60.2 Å². The SMILES string of the molecule is CCc1cnc(CNc2cc(N)cc(OC(C)C)c2)s1. The molecule has 0 radical (unpaired) electrons. The lowest BCUT2D eigenvalue weighted by Crippen LogP contribution is -2.07. The van der Waals surface area contributed by atoms with Crippen molar-refractivity contribution in [2.45, 2.75) is 39.8 Å². The van der Waals surface area contributed by atoms with E-state index < -0.39 is 0 Å². The molecule has 1 aromatic carbocycles. The van der Waals surface area contributed by atoms with Crippen LogP contribution in [-0.4, -0.2) is 11.1 Å². The van der Waals surface area contributed by atoms with Crippen molar-refractivity contribution in [3.63, 3.8) is 0 Å². The van der Waals surface area contributed by atoms with Crippen molar-refractivity contribution >= 4 is 22.7 Å². The number of aromatic nitrogens is 1. The number of benzene rings is 1. The largest absolute Gasteiger partial charge is 0.491 e. The predicted molar refractivity (Wildman–Crippen MR) is 85.4 cm³/mol. The first-order valence-electron chi connectivity index (χ1n) is 6.81. The summed E-state index contributed by atoms with van der Waals surface area (Å²) >= 11 is 1.74. The molecule has 0 fully saturated rings. The van der Waals surface area contributed by atoms with Crippen LogP contribution in [0, 0.1) is 0 Å². The van der Waals surface area contributed by atoms with E-state index in [0.717, 1.165) is 22.9 Å². The summed E-state index contributed by atoms with van der Waals surface area (Å²) in [6.07, 6.45) is 3.10. The average Bonchev–Trinajstić information content (AvgIpc) is 2.83. The van der Waals surface area contributed by atoms with E-state index in [-0.39, 0.29) is 6.10 Å². The number of anilines is 2. The van der Waals surface area contributed by atoms with Crippen LogP contribution in [0.5, 0.6) is 5.75 Å². The fourth-order valence-corrected chi connectivity index (χ4v) is 2.64. The van der Waals surface area contributed by atoms with E-state index >= 15 is 0 Å². The summed E-state index contributed by atoms with van der Waals surface area (Å²) in [7, 11) is 0. The number of hydrogen-bond acceptors (Lipinski definition) is 5. The molecule has 0 bridgehead atoms. The normalized spacial score (nSPS) is 10.8. The van der Waals surface area contributed by atoms with Crippen LogP contribution in [0.2, 0.25) is 0 Å². The highest BCUT2D eigenvalue weighted by atomic mass is 32.1. The molecule has 108 valence electrons. The van der Waals surface area contributed by atoms with Gasteiger partial charge in [-0.1, -0.05) is 6.92 Å². The first-order chi connectivity index (χ1) is 9.56. The third kappa shape index (κ3) is 4.13. The molecular formula is C15H21N3OS. The Balaban J connectivity index is 2.03. The molecule has 2 rings (SSSR count). The van der Waals surface area contributed by atoms with Gasteiger partial charge in [0.2, 0.25) is 0 Å². The number of nitrogens with zero attached hydrogens (tertiary/aromatic N) is 1. The van der Waals surface area contributed by atoms with Gasteiger partial charge >= 0.3 is 0 Å². The molecule has 0 spiro atoms. The minimum atomic E-state index is 0.135. The second-order valence-corrected chi connectivity index (χ2v) is 6.08. The van der Waals surface area contributed by atoms with E-state index in [0.29, 0.717) is 12.2 Å². The van der Waals surface area contributed by atoms with Crippen molar-refractivity contribution in [2.24, 2.45) is 0 Å². The van der Waals surface area contributed by atoms with E-state index in [1.54, 1.807) is 11.3 Å². The Morgan fingerprint density at radius 1 is 1.35 bits per heavy atom. The van der Waals surface area contributed by atoms with Gasteiger partial charge < -0.3 is 15.8 Å². The number of aryl methyl sites for hydroxylation is 1. The fraction of sp³-hybridized carbons (Fsp3) is 0.400. The molecule has 0 unspecified atom stereocenters. The quantitative estimate of drug-likeness (QED) is 0.797. The number of hydrogen-bond donors (Lipinski definition) is 2. The van der Waals surface area contributed by atoms with Crippen LogP contribution in [0.4, 0.5) is 11.4 Å². The maximum atomic E-state index is 5.90. The van der Waals surface area contributed by atoms with Gasteiger partial charge in [-0.25, -0.2) is 4.98 Å². The summed E-state index contributed by atoms with van der Waals surface area (Å²) in [6, 6.07) is 5.70. The first kappa shape index (κ1) is 14.7. The van der Waals surface area contributed by atoms with Gasteiger partial charge in [0, 0.05) is 34.6 Å². The van der Waals surface area contributed by atoms with Gasteiger partial charge in [-0.15, -0.1) is 11.3 Å². The van der Waals surface area contributed by atoms with Gasteiger partial charge in [-0.2, -0.15) is 0 Å². The Morgan fingerprint density at radius 2 is 2.15 bits per heavy atom. The van der Waals surface area contributed by atoms with Crippen LogP contribution in [0.1, 0.15) is 30.7 Å². The van der Waals surface area contributed by atoms with Crippen molar-refractivity contribution < 1.29 is 4.74 Å². The molecule has 2 aromatic rings. The molecule has 0 amide bonds. The van der Waals surface area contributed by atoms with E-state index in [4.69, 9.17) is 10.5 Å². The molecule has 0 aliphatic rings. The Morgan fingerprint density at radius 3 is 2.80 bits per heavy atom. The Bertz CT molecular complexity index is 566. The van der Waals surface area contributed by atoms with Crippen LogP contribution in [0.25, 0.3) is 0 Å². The number of ether oxygens (including phenoxy) is 1. The van der Waals surface area contributed by atoms with Crippen molar-refractivity contribution in [1.82, 2.24) is 4.98 Å². The van der Waals surface area contributed by atoms with Gasteiger partial charge in [0.15, 0.2) is 0 Å². The number of nitrogens with one attached hydrogen (secondary N) is 1. The second-order valence-electron chi connectivity index (χ2n) is 4.88. The van der Waals surface area contributed by atoms with Crippen molar-refractivity contribution in [2.75, 3.05) is 11.1 Å². The fourth-order valence-electron chi connectivity index (χ4n) is 1.84. The molecule has 0 aliphatic carbocycles. The minimum absolute atomic E-state index is 0.135. The monoisotopic (exact) mass is 291 g/mol. The van der Waals surface area contributed by atoms with Crippen LogP contribution < -0.4 is 15.8 Å². The second kappa shape index (κ2) is 6.61. The molecular weight excluding hydrogens is 270 g/mol. The van der Waals surface area contributed by atoms with Crippen LogP contribution in [0.3, 0.4) is 0 Å². The highest BCUT2D eigenvalue weighted by Crippen LogP contribution is 2.24. The Kier molecular flexibility index (Phi) is 4.84. The van der Waals surface area contributed by atoms with Gasteiger partial charge in [0.25, 0.3) is 0 Å². The van der Waals surface area contributed by atoms with E-state index in [1.807, 2.05) is 38.2 Å².